The summed E-state index contributed by atoms with van der Waals surface area (Å²) in [5.41, 5.74) is 2.61. The highest BCUT2D eigenvalue weighted by Crippen LogP contribution is 2.08. The lowest BCUT2D eigenvalue weighted by molar-refractivity contribution is 0.129. The fourth-order valence-electron chi connectivity index (χ4n) is 1.55. The van der Waals surface area contributed by atoms with E-state index in [1.54, 1.807) is 24.4 Å². The number of hydrogen-bond acceptors (Lipinski definition) is 2. The maximum atomic E-state index is 13.3. The molecule has 0 heterocycles. The number of aryl methyl sites for hydroxylation is 1. The summed E-state index contributed by atoms with van der Waals surface area (Å²) in [6.45, 7) is 2.13. The molecule has 2 nitrogen and oxygen atoms in total. The number of hydrogen-bond donors (Lipinski definition) is 0. The zero-order chi connectivity index (χ0) is 12.8. The monoisotopic (exact) mass is 243 g/mol. The maximum absolute atomic E-state index is 13.3. The van der Waals surface area contributed by atoms with Crippen molar-refractivity contribution in [2.75, 3.05) is 0 Å². The number of rotatable bonds is 4. The summed E-state index contributed by atoms with van der Waals surface area (Å²) >= 11 is 0. The Morgan fingerprint density at radius 1 is 1.11 bits per heavy atom. The highest BCUT2D eigenvalue weighted by atomic mass is 19.1. The summed E-state index contributed by atoms with van der Waals surface area (Å²) in [7, 11) is 0. The fraction of sp³-hybridized carbons (Fsp3) is 0.133. The van der Waals surface area contributed by atoms with Gasteiger partial charge in [0.15, 0.2) is 0 Å². The molecule has 2 aromatic carbocycles. The van der Waals surface area contributed by atoms with Gasteiger partial charge in [0.2, 0.25) is 0 Å². The van der Waals surface area contributed by atoms with Gasteiger partial charge in [0.1, 0.15) is 12.4 Å². The first-order valence-electron chi connectivity index (χ1n) is 5.72. The molecule has 18 heavy (non-hydrogen) atoms. The smallest absolute Gasteiger partial charge is 0.145 e. The number of oxime groups is 1. The van der Waals surface area contributed by atoms with E-state index < -0.39 is 0 Å². The second-order valence-electron chi connectivity index (χ2n) is 3.96. The van der Waals surface area contributed by atoms with E-state index in [2.05, 4.69) is 5.16 Å². The van der Waals surface area contributed by atoms with Gasteiger partial charge in [-0.05, 0) is 24.1 Å². The quantitative estimate of drug-likeness (QED) is 0.593. The number of halogens is 1. The Labute approximate surface area is 106 Å². The summed E-state index contributed by atoms with van der Waals surface area (Å²) in [4.78, 5) is 5.09. The molecule has 0 aliphatic heterocycles. The van der Waals surface area contributed by atoms with Crippen LogP contribution in [0.15, 0.2) is 53.7 Å². The van der Waals surface area contributed by atoms with Crippen molar-refractivity contribution in [3.8, 4) is 0 Å². The van der Waals surface area contributed by atoms with Gasteiger partial charge in [-0.15, -0.1) is 0 Å². The first-order valence-corrected chi connectivity index (χ1v) is 5.72. The van der Waals surface area contributed by atoms with Crippen LogP contribution in [0.2, 0.25) is 0 Å². The third-order valence-electron chi connectivity index (χ3n) is 2.63. The van der Waals surface area contributed by atoms with E-state index in [4.69, 9.17) is 4.84 Å². The molecule has 0 aromatic heterocycles. The molecule has 3 heteroatoms. The standard InChI is InChI=1S/C15H14FNO/c1-12-6-2-3-7-13(12)10-17-18-11-14-8-4-5-9-15(14)16/h2-10H,11H2,1H3. The Bertz CT molecular complexity index is 552. The third-order valence-corrected chi connectivity index (χ3v) is 2.63. The second kappa shape index (κ2) is 5.96. The van der Waals surface area contributed by atoms with E-state index in [-0.39, 0.29) is 12.4 Å². The predicted octanol–water partition coefficient (Wildman–Crippen LogP) is 3.68. The van der Waals surface area contributed by atoms with E-state index in [0.29, 0.717) is 5.56 Å². The second-order valence-corrected chi connectivity index (χ2v) is 3.96. The number of nitrogens with zero attached hydrogens (tertiary/aromatic N) is 1. The molecule has 0 amide bonds. The molecule has 0 saturated carbocycles. The minimum absolute atomic E-state index is 0.134. The van der Waals surface area contributed by atoms with Gasteiger partial charge >= 0.3 is 0 Å². The van der Waals surface area contributed by atoms with E-state index in [1.807, 2.05) is 31.2 Å². The van der Waals surface area contributed by atoms with Crippen LogP contribution < -0.4 is 0 Å². The molecule has 0 N–H and O–H groups in total. The van der Waals surface area contributed by atoms with Crippen molar-refractivity contribution in [1.82, 2.24) is 0 Å². The van der Waals surface area contributed by atoms with E-state index in [9.17, 15) is 4.39 Å². The summed E-state index contributed by atoms with van der Waals surface area (Å²) in [5, 5.41) is 3.85. The Morgan fingerprint density at radius 3 is 2.61 bits per heavy atom. The van der Waals surface area contributed by atoms with Gasteiger partial charge in [-0.1, -0.05) is 47.6 Å². The molecular weight excluding hydrogens is 229 g/mol. The highest BCUT2D eigenvalue weighted by Gasteiger charge is 1.99. The van der Waals surface area contributed by atoms with Crippen molar-refractivity contribution in [3.05, 3.63) is 71.0 Å². The number of benzene rings is 2. The van der Waals surface area contributed by atoms with Crippen LogP contribution in [0.25, 0.3) is 0 Å². The minimum Gasteiger partial charge on any atom is -0.391 e. The normalized spacial score (nSPS) is 10.8. The van der Waals surface area contributed by atoms with Gasteiger partial charge in [-0.2, -0.15) is 0 Å². The van der Waals surface area contributed by atoms with E-state index >= 15 is 0 Å². The lowest BCUT2D eigenvalue weighted by Crippen LogP contribution is -1.92. The third kappa shape index (κ3) is 3.17. The van der Waals surface area contributed by atoms with Gasteiger partial charge in [0.05, 0.1) is 6.21 Å². The molecule has 0 bridgehead atoms. The molecule has 0 radical (unpaired) electrons. The van der Waals surface area contributed by atoms with Crippen molar-refractivity contribution in [3.63, 3.8) is 0 Å². The molecule has 0 unspecified atom stereocenters. The molecule has 0 fully saturated rings. The molecule has 2 rings (SSSR count). The van der Waals surface area contributed by atoms with Crippen LogP contribution in [-0.4, -0.2) is 6.21 Å². The van der Waals surface area contributed by atoms with Crippen LogP contribution in [0.5, 0.6) is 0 Å². The summed E-state index contributed by atoms with van der Waals surface area (Å²) in [6.07, 6.45) is 1.64. The van der Waals surface area contributed by atoms with Crippen molar-refractivity contribution >= 4 is 6.21 Å². The molecule has 0 atom stereocenters. The predicted molar refractivity (Wildman–Crippen MR) is 70.0 cm³/mol. The summed E-state index contributed by atoms with van der Waals surface area (Å²) in [5.74, 6) is -0.274. The summed E-state index contributed by atoms with van der Waals surface area (Å²) in [6, 6.07) is 14.4. The van der Waals surface area contributed by atoms with Gasteiger partial charge in [0, 0.05) is 5.56 Å². The molecular formula is C15H14FNO. The fourth-order valence-corrected chi connectivity index (χ4v) is 1.55. The van der Waals surface area contributed by atoms with Crippen LogP contribution in [0, 0.1) is 12.7 Å². The highest BCUT2D eigenvalue weighted by molar-refractivity contribution is 5.81. The molecule has 2 aromatic rings. The van der Waals surface area contributed by atoms with Crippen LogP contribution in [0.1, 0.15) is 16.7 Å². The zero-order valence-electron chi connectivity index (χ0n) is 10.1. The van der Waals surface area contributed by atoms with Crippen LogP contribution in [-0.2, 0) is 11.4 Å². The lowest BCUT2D eigenvalue weighted by Gasteiger charge is -2.01. The molecule has 0 spiro atoms. The molecule has 0 saturated heterocycles. The van der Waals surface area contributed by atoms with Crippen molar-refractivity contribution in [1.29, 1.82) is 0 Å². The topological polar surface area (TPSA) is 21.6 Å². The Balaban J connectivity index is 1.93. The van der Waals surface area contributed by atoms with Crippen molar-refractivity contribution in [2.24, 2.45) is 5.16 Å². The average molecular weight is 243 g/mol. The van der Waals surface area contributed by atoms with Gasteiger partial charge in [-0.25, -0.2) is 4.39 Å². The first-order chi connectivity index (χ1) is 8.77. The van der Waals surface area contributed by atoms with E-state index in [1.165, 1.54) is 6.07 Å². The zero-order valence-corrected chi connectivity index (χ0v) is 10.1. The Hall–Kier alpha value is -2.16. The lowest BCUT2D eigenvalue weighted by atomic mass is 10.1. The van der Waals surface area contributed by atoms with Crippen molar-refractivity contribution in [2.45, 2.75) is 13.5 Å². The first kappa shape index (κ1) is 12.3. The largest absolute Gasteiger partial charge is 0.391 e. The van der Waals surface area contributed by atoms with Gasteiger partial charge in [-0.3, -0.25) is 0 Å². The summed E-state index contributed by atoms with van der Waals surface area (Å²) < 4.78 is 13.3. The SMILES string of the molecule is Cc1ccccc1C=NOCc1ccccc1F. The Morgan fingerprint density at radius 2 is 1.83 bits per heavy atom. The minimum atomic E-state index is -0.274. The van der Waals surface area contributed by atoms with Crippen LogP contribution in [0.4, 0.5) is 4.39 Å². The maximum Gasteiger partial charge on any atom is 0.145 e. The molecule has 0 aliphatic rings. The Kier molecular flexibility index (Phi) is 4.07. The molecule has 92 valence electrons. The van der Waals surface area contributed by atoms with Gasteiger partial charge < -0.3 is 4.84 Å². The van der Waals surface area contributed by atoms with E-state index in [0.717, 1.165) is 11.1 Å². The molecule has 0 aliphatic carbocycles. The van der Waals surface area contributed by atoms with Crippen LogP contribution >= 0.6 is 0 Å². The van der Waals surface area contributed by atoms with Gasteiger partial charge in [0.25, 0.3) is 0 Å². The van der Waals surface area contributed by atoms with Crippen LogP contribution in [0.3, 0.4) is 0 Å². The van der Waals surface area contributed by atoms with Crippen molar-refractivity contribution < 1.29 is 9.23 Å². The average Bonchev–Trinajstić information content (AvgIpc) is 2.38.